The van der Waals surface area contributed by atoms with Gasteiger partial charge < -0.3 is 33.8 Å². The van der Waals surface area contributed by atoms with Crippen molar-refractivity contribution >= 4 is 39.5 Å². The van der Waals surface area contributed by atoms with E-state index in [1.165, 1.54) is 154 Å². The fraction of sp³-hybridized carbons (Fsp3) is 0.823. The number of phosphoric ester groups is 2. The van der Waals surface area contributed by atoms with Gasteiger partial charge in [0, 0.05) is 25.7 Å². The molecule has 17 nitrogen and oxygen atoms in total. The Morgan fingerprint density at radius 3 is 0.847 bits per heavy atom. The molecule has 0 bridgehead atoms. The molecule has 5 atom stereocenters. The highest BCUT2D eigenvalue weighted by molar-refractivity contribution is 7.47. The van der Waals surface area contributed by atoms with Gasteiger partial charge in [0.2, 0.25) is 0 Å². The van der Waals surface area contributed by atoms with Crippen LogP contribution >= 0.6 is 15.6 Å². The Bertz CT molecular complexity index is 2100. The lowest BCUT2D eigenvalue weighted by Crippen LogP contribution is -2.30. The molecule has 98 heavy (non-hydrogen) atoms. The van der Waals surface area contributed by atoms with Gasteiger partial charge in [0.05, 0.1) is 26.4 Å². The van der Waals surface area contributed by atoms with Gasteiger partial charge >= 0.3 is 39.5 Å². The van der Waals surface area contributed by atoms with Gasteiger partial charge in [-0.3, -0.25) is 37.3 Å². The largest absolute Gasteiger partial charge is 0.472 e. The average molecular weight is 1430 g/mol. The van der Waals surface area contributed by atoms with E-state index in [4.69, 9.17) is 37.0 Å². The normalized spacial score (nSPS) is 14.2. The van der Waals surface area contributed by atoms with Gasteiger partial charge in [0.1, 0.15) is 19.3 Å². The summed E-state index contributed by atoms with van der Waals surface area (Å²) < 4.78 is 68.5. The van der Waals surface area contributed by atoms with E-state index < -0.39 is 97.5 Å². The number of allylic oxidation sites excluding steroid dienone is 10. The zero-order valence-electron chi connectivity index (χ0n) is 62.5. The maximum absolute atomic E-state index is 13.1. The summed E-state index contributed by atoms with van der Waals surface area (Å²) in [6, 6.07) is 0. The first-order chi connectivity index (χ1) is 47.7. The highest BCUT2D eigenvalue weighted by atomic mass is 31.2. The van der Waals surface area contributed by atoms with Gasteiger partial charge in [-0.15, -0.1) is 0 Å². The van der Waals surface area contributed by atoms with Crippen LogP contribution < -0.4 is 0 Å². The van der Waals surface area contributed by atoms with Gasteiger partial charge in [0.25, 0.3) is 0 Å². The van der Waals surface area contributed by atoms with Crippen LogP contribution in [-0.2, 0) is 65.4 Å². The van der Waals surface area contributed by atoms with E-state index in [2.05, 4.69) is 76.3 Å². The summed E-state index contributed by atoms with van der Waals surface area (Å²) in [4.78, 5) is 72.9. The summed E-state index contributed by atoms with van der Waals surface area (Å²) >= 11 is 0. The number of esters is 4. The number of unbranched alkanes of at least 4 members (excludes halogenated alkanes) is 39. The summed E-state index contributed by atoms with van der Waals surface area (Å²) in [7, 11) is -9.95. The van der Waals surface area contributed by atoms with Gasteiger partial charge in [-0.1, -0.05) is 307 Å². The molecule has 0 aromatic carbocycles. The first-order valence-corrected chi connectivity index (χ1v) is 42.5. The second kappa shape index (κ2) is 72.1. The van der Waals surface area contributed by atoms with Crippen molar-refractivity contribution in [3.8, 4) is 0 Å². The van der Waals surface area contributed by atoms with Crippen LogP contribution in [0.5, 0.6) is 0 Å². The molecular formula is C79H144O17P2. The van der Waals surface area contributed by atoms with Gasteiger partial charge in [0.15, 0.2) is 12.2 Å². The number of carbonyl (C=O) groups excluding carboxylic acids is 4. The van der Waals surface area contributed by atoms with Crippen LogP contribution in [0.4, 0.5) is 0 Å². The van der Waals surface area contributed by atoms with Crippen LogP contribution in [0.2, 0.25) is 0 Å². The molecule has 3 N–H and O–H groups in total. The predicted molar refractivity (Wildman–Crippen MR) is 400 cm³/mol. The second-order valence-electron chi connectivity index (χ2n) is 26.7. The molecule has 572 valence electrons. The van der Waals surface area contributed by atoms with Crippen molar-refractivity contribution < 1.29 is 80.2 Å². The first-order valence-electron chi connectivity index (χ1n) is 39.5. The molecule has 19 heteroatoms. The van der Waals surface area contributed by atoms with E-state index in [0.717, 1.165) is 122 Å². The van der Waals surface area contributed by atoms with Gasteiger partial charge in [-0.2, -0.15) is 0 Å². The van der Waals surface area contributed by atoms with Crippen molar-refractivity contribution in [1.29, 1.82) is 0 Å². The van der Waals surface area contributed by atoms with Crippen molar-refractivity contribution in [2.24, 2.45) is 0 Å². The maximum Gasteiger partial charge on any atom is 0.472 e. The Balaban J connectivity index is 5.35. The third kappa shape index (κ3) is 71.2. The predicted octanol–water partition coefficient (Wildman–Crippen LogP) is 22.7. The fourth-order valence-electron chi connectivity index (χ4n) is 10.9. The van der Waals surface area contributed by atoms with Crippen molar-refractivity contribution in [2.75, 3.05) is 39.6 Å². The number of hydrogen-bond donors (Lipinski definition) is 3. The molecule has 0 fully saturated rings. The summed E-state index contributed by atoms with van der Waals surface area (Å²) in [6.45, 7) is 4.83. The Kier molecular flexibility index (Phi) is 69.7. The molecule has 0 aliphatic heterocycles. The van der Waals surface area contributed by atoms with Gasteiger partial charge in [-0.25, -0.2) is 9.13 Å². The van der Waals surface area contributed by atoms with Crippen LogP contribution in [0.3, 0.4) is 0 Å². The highest BCUT2D eigenvalue weighted by Crippen LogP contribution is 2.45. The Labute approximate surface area is 597 Å². The van der Waals surface area contributed by atoms with E-state index >= 15 is 0 Å². The molecule has 0 aromatic rings. The van der Waals surface area contributed by atoms with Crippen LogP contribution in [0.15, 0.2) is 60.8 Å². The van der Waals surface area contributed by atoms with E-state index in [-0.39, 0.29) is 25.7 Å². The number of aliphatic hydroxyl groups excluding tert-OH is 1. The number of carbonyl (C=O) groups is 4. The van der Waals surface area contributed by atoms with Crippen LogP contribution in [0.25, 0.3) is 0 Å². The van der Waals surface area contributed by atoms with Crippen molar-refractivity contribution in [3.05, 3.63) is 60.8 Å². The standard InChI is InChI=1S/C79H144O17P2/c1-5-9-13-17-21-25-29-33-35-36-38-41-44-48-52-56-60-64-77(82)90-70-74(95-78(83)65-61-57-53-49-45-40-32-28-24-20-16-12-8-4)71-93-97(85,86)91-67-73(80)68-92-98(87,88)94-72-75(69-89-76(81)63-59-55-51-47-43-39-31-27-23-19-15-11-7-3)96-79(84)66-62-58-54-50-46-42-37-34-30-26-22-18-14-10-6-2/h21,25-26,30,33,35,38,41,48,52,73-75,80H,5-20,22-24,27-29,31-32,34,36-37,39-40,42-47,49-51,53-72H2,1-4H3,(H,85,86)(H,87,88)/b25-21-,30-26-,35-33-,41-38-,52-48-/t73-,74-,75-/m1/s1. The molecule has 0 saturated carbocycles. The second-order valence-corrected chi connectivity index (χ2v) is 29.6. The Hall–Kier alpha value is -3.24. The van der Waals surface area contributed by atoms with Crippen LogP contribution in [0, 0.1) is 0 Å². The number of phosphoric acid groups is 2. The Morgan fingerprint density at radius 2 is 0.510 bits per heavy atom. The van der Waals surface area contributed by atoms with Crippen LogP contribution in [-0.4, -0.2) is 96.7 Å². The zero-order valence-corrected chi connectivity index (χ0v) is 64.3. The molecule has 0 aliphatic rings. The minimum atomic E-state index is -4.98. The topological polar surface area (TPSA) is 237 Å². The smallest absolute Gasteiger partial charge is 0.462 e. The summed E-state index contributed by atoms with van der Waals surface area (Å²) in [5.41, 5.74) is 0. The van der Waals surface area contributed by atoms with Crippen LogP contribution in [0.1, 0.15) is 362 Å². The third-order valence-corrected chi connectivity index (χ3v) is 18.9. The lowest BCUT2D eigenvalue weighted by Gasteiger charge is -2.21. The fourth-order valence-corrected chi connectivity index (χ4v) is 12.5. The molecule has 0 spiro atoms. The molecule has 0 aliphatic carbocycles. The monoisotopic (exact) mass is 1430 g/mol. The van der Waals surface area contributed by atoms with E-state index in [1.54, 1.807) is 0 Å². The van der Waals surface area contributed by atoms with E-state index in [1.807, 2.05) is 12.2 Å². The van der Waals surface area contributed by atoms with Crippen molar-refractivity contribution in [2.45, 2.75) is 380 Å². The van der Waals surface area contributed by atoms with Crippen molar-refractivity contribution in [1.82, 2.24) is 0 Å². The van der Waals surface area contributed by atoms with E-state index in [0.29, 0.717) is 32.1 Å². The summed E-state index contributed by atoms with van der Waals surface area (Å²) in [6.07, 6.45) is 70.6. The number of hydrogen-bond acceptors (Lipinski definition) is 15. The summed E-state index contributed by atoms with van der Waals surface area (Å²) in [5.74, 6) is -2.21. The molecule has 0 rings (SSSR count). The molecular weight excluding hydrogens is 1280 g/mol. The van der Waals surface area contributed by atoms with E-state index in [9.17, 15) is 43.2 Å². The lowest BCUT2D eigenvalue weighted by molar-refractivity contribution is -0.161. The first kappa shape index (κ1) is 94.8. The maximum atomic E-state index is 13.1. The number of ether oxygens (including phenoxy) is 4. The summed E-state index contributed by atoms with van der Waals surface area (Å²) in [5, 5.41) is 10.6. The highest BCUT2D eigenvalue weighted by Gasteiger charge is 2.30. The lowest BCUT2D eigenvalue weighted by atomic mass is 10.0. The average Bonchev–Trinajstić information content (AvgIpc) is 0.962. The minimum Gasteiger partial charge on any atom is -0.462 e. The number of aliphatic hydroxyl groups is 1. The Morgan fingerprint density at radius 1 is 0.286 bits per heavy atom. The number of rotatable bonds is 75. The molecule has 0 heterocycles. The quantitative estimate of drug-likeness (QED) is 0.0169. The molecule has 0 saturated heterocycles. The molecule has 0 aromatic heterocycles. The molecule has 2 unspecified atom stereocenters. The zero-order chi connectivity index (χ0) is 71.8. The van der Waals surface area contributed by atoms with Gasteiger partial charge in [-0.05, 0) is 89.9 Å². The molecule has 0 amide bonds. The van der Waals surface area contributed by atoms with Crippen molar-refractivity contribution in [3.63, 3.8) is 0 Å². The third-order valence-electron chi connectivity index (χ3n) is 17.0. The molecule has 0 radical (unpaired) electrons. The minimum absolute atomic E-state index is 0.0896. The SMILES string of the molecule is CCCCC/C=C\C/C=C\C/C=C\C/C=C\CCCC(=O)OC[C@H](COP(=O)(O)OC[C@@H](O)COP(=O)(O)OC[C@@H](COC(=O)CCCCCCCCCCCCCCC)OC(=O)CCCCCCCCC/C=C\CCCCCC)OC(=O)CCCCCCCCCCCCCCC.